The summed E-state index contributed by atoms with van der Waals surface area (Å²) < 4.78 is 53.8. The molecule has 2 aromatic carbocycles. The van der Waals surface area contributed by atoms with E-state index in [0.717, 1.165) is 26.4 Å². The van der Waals surface area contributed by atoms with Crippen molar-refractivity contribution in [1.82, 2.24) is 0 Å². The van der Waals surface area contributed by atoms with Crippen molar-refractivity contribution in [3.63, 3.8) is 0 Å². The van der Waals surface area contributed by atoms with Gasteiger partial charge in [0.25, 0.3) is 0 Å². The third-order valence-corrected chi connectivity index (χ3v) is 6.45. The minimum atomic E-state index is -3.80. The number of hydrogen-bond donors (Lipinski definition) is 0. The highest BCUT2D eigenvalue weighted by Crippen LogP contribution is 2.26. The lowest BCUT2D eigenvalue weighted by Gasteiger charge is -2.28. The fraction of sp³-hybridized carbons (Fsp3) is 0.190. The Morgan fingerprint density at radius 1 is 1.03 bits per heavy atom. The van der Waals surface area contributed by atoms with E-state index in [-0.39, 0.29) is 12.2 Å². The molecule has 30 heavy (non-hydrogen) atoms. The zero-order chi connectivity index (χ0) is 21.9. The molecule has 0 aliphatic heterocycles. The average Bonchev–Trinajstić information content (AvgIpc) is 3.18. The van der Waals surface area contributed by atoms with Crippen LogP contribution in [0.2, 0.25) is 0 Å². The van der Waals surface area contributed by atoms with Crippen LogP contribution in [0.1, 0.15) is 10.4 Å². The van der Waals surface area contributed by atoms with Crippen LogP contribution in [0, 0.1) is 18.6 Å². The van der Waals surface area contributed by atoms with Crippen molar-refractivity contribution in [2.24, 2.45) is 0 Å². The fourth-order valence-corrected chi connectivity index (χ4v) is 4.60. The minimum Gasteiger partial charge on any atom is -0.303 e. The molecular weight excluding hydrogens is 430 g/mol. The number of nitrogens with zero attached hydrogens (tertiary/aromatic N) is 2. The van der Waals surface area contributed by atoms with Crippen molar-refractivity contribution in [3.05, 3.63) is 82.1 Å². The van der Waals surface area contributed by atoms with Crippen LogP contribution in [0.4, 0.5) is 20.2 Å². The maximum atomic E-state index is 14.5. The summed E-state index contributed by atoms with van der Waals surface area (Å²) in [6.45, 7) is 1.25. The van der Waals surface area contributed by atoms with Crippen LogP contribution >= 0.6 is 11.3 Å². The molecule has 0 saturated heterocycles. The number of aryl methyl sites for hydroxylation is 1. The van der Waals surface area contributed by atoms with Crippen LogP contribution in [0.5, 0.6) is 0 Å². The Morgan fingerprint density at radius 2 is 1.77 bits per heavy atom. The molecule has 0 spiro atoms. The van der Waals surface area contributed by atoms with E-state index in [4.69, 9.17) is 0 Å². The Morgan fingerprint density at radius 3 is 2.37 bits per heavy atom. The summed E-state index contributed by atoms with van der Waals surface area (Å²) in [6.07, 6.45) is 1.01. The Labute approximate surface area is 178 Å². The Balaban J connectivity index is 2.00. The fourth-order valence-electron chi connectivity index (χ4n) is 3.00. The van der Waals surface area contributed by atoms with Crippen LogP contribution < -0.4 is 9.21 Å². The van der Waals surface area contributed by atoms with Gasteiger partial charge in [0.2, 0.25) is 15.9 Å². The maximum absolute atomic E-state index is 14.5. The number of hydrogen-bond acceptors (Lipinski definition) is 4. The highest BCUT2D eigenvalue weighted by molar-refractivity contribution is 7.92. The highest BCUT2D eigenvalue weighted by Gasteiger charge is 2.27. The first-order valence-corrected chi connectivity index (χ1v) is 11.7. The van der Waals surface area contributed by atoms with Crippen LogP contribution in [-0.4, -0.2) is 27.1 Å². The first-order chi connectivity index (χ1) is 14.2. The van der Waals surface area contributed by atoms with Crippen molar-refractivity contribution in [2.45, 2.75) is 13.5 Å². The van der Waals surface area contributed by atoms with Gasteiger partial charge >= 0.3 is 0 Å². The SMILES string of the molecule is Cc1ccccc1N(CC(=O)N(Cc1cccs1)c1ccc(F)cc1F)S(C)(=O)=O. The van der Waals surface area contributed by atoms with Gasteiger partial charge < -0.3 is 4.90 Å². The highest BCUT2D eigenvalue weighted by atomic mass is 32.2. The minimum absolute atomic E-state index is 0.0322. The normalized spacial score (nSPS) is 11.3. The number of para-hydroxylation sites is 1. The zero-order valence-corrected chi connectivity index (χ0v) is 18.0. The number of halogens is 2. The van der Waals surface area contributed by atoms with Gasteiger partial charge in [-0.05, 0) is 42.1 Å². The molecule has 0 fully saturated rings. The Hall–Kier alpha value is -2.78. The second-order valence-corrected chi connectivity index (χ2v) is 9.65. The summed E-state index contributed by atoms with van der Waals surface area (Å²) in [5, 5.41) is 1.81. The van der Waals surface area contributed by atoms with E-state index in [1.54, 1.807) is 43.3 Å². The first kappa shape index (κ1) is 21.9. The van der Waals surface area contributed by atoms with Gasteiger partial charge in [0.1, 0.15) is 18.2 Å². The van der Waals surface area contributed by atoms with Crippen LogP contribution in [0.3, 0.4) is 0 Å². The number of carbonyl (C=O) groups is 1. The smallest absolute Gasteiger partial charge is 0.248 e. The summed E-state index contributed by atoms with van der Waals surface area (Å²) in [4.78, 5) is 15.1. The van der Waals surface area contributed by atoms with E-state index < -0.39 is 34.1 Å². The molecule has 3 aromatic rings. The first-order valence-electron chi connectivity index (χ1n) is 8.98. The van der Waals surface area contributed by atoms with Gasteiger partial charge in [-0.25, -0.2) is 17.2 Å². The molecule has 0 bridgehead atoms. The summed E-state index contributed by atoms with van der Waals surface area (Å²) in [7, 11) is -3.80. The molecule has 1 aromatic heterocycles. The molecule has 5 nitrogen and oxygen atoms in total. The van der Waals surface area contributed by atoms with E-state index in [1.807, 2.05) is 5.38 Å². The topological polar surface area (TPSA) is 57.7 Å². The molecule has 9 heteroatoms. The van der Waals surface area contributed by atoms with Crippen molar-refractivity contribution < 1.29 is 22.0 Å². The standard InChI is InChI=1S/C21H20F2N2O3S2/c1-15-6-3-4-8-19(15)25(30(2,27)28)14-21(26)24(13-17-7-5-11-29-17)20-10-9-16(22)12-18(20)23/h3-12H,13-14H2,1-2H3. The molecule has 0 aliphatic carbocycles. The second-order valence-electron chi connectivity index (χ2n) is 6.71. The lowest BCUT2D eigenvalue weighted by molar-refractivity contribution is -0.117. The van der Waals surface area contributed by atoms with E-state index in [1.165, 1.54) is 17.4 Å². The Kier molecular flexibility index (Phi) is 6.52. The second kappa shape index (κ2) is 8.93. The molecule has 0 radical (unpaired) electrons. The molecule has 0 saturated carbocycles. The van der Waals surface area contributed by atoms with Crippen molar-refractivity contribution in [2.75, 3.05) is 22.0 Å². The largest absolute Gasteiger partial charge is 0.303 e. The van der Waals surface area contributed by atoms with Crippen molar-refractivity contribution in [1.29, 1.82) is 0 Å². The summed E-state index contributed by atoms with van der Waals surface area (Å²) in [5.74, 6) is -2.30. The van der Waals surface area contributed by atoms with Crippen molar-refractivity contribution >= 4 is 38.6 Å². The lowest BCUT2D eigenvalue weighted by atomic mass is 10.2. The van der Waals surface area contributed by atoms with Gasteiger partial charge in [0, 0.05) is 10.9 Å². The number of sulfonamides is 1. The van der Waals surface area contributed by atoms with E-state index >= 15 is 0 Å². The molecule has 158 valence electrons. The molecule has 0 aliphatic rings. The number of benzene rings is 2. The van der Waals surface area contributed by atoms with E-state index in [2.05, 4.69) is 0 Å². The molecule has 0 unspecified atom stereocenters. The molecule has 1 heterocycles. The third-order valence-electron chi connectivity index (χ3n) is 4.46. The molecule has 0 N–H and O–H groups in total. The molecular formula is C21H20F2N2O3S2. The van der Waals surface area contributed by atoms with E-state index in [9.17, 15) is 22.0 Å². The number of thiophene rings is 1. The zero-order valence-electron chi connectivity index (χ0n) is 16.4. The maximum Gasteiger partial charge on any atom is 0.248 e. The average molecular weight is 451 g/mol. The quantitative estimate of drug-likeness (QED) is 0.538. The number of rotatable bonds is 7. The summed E-state index contributed by atoms with van der Waals surface area (Å²) in [5.41, 5.74) is 0.922. The van der Waals surface area contributed by atoms with Crippen LogP contribution in [0.25, 0.3) is 0 Å². The third kappa shape index (κ3) is 5.03. The van der Waals surface area contributed by atoms with Gasteiger partial charge in [0.15, 0.2) is 0 Å². The number of amides is 1. The van der Waals surface area contributed by atoms with Gasteiger partial charge in [-0.1, -0.05) is 24.3 Å². The van der Waals surface area contributed by atoms with Gasteiger partial charge in [-0.2, -0.15) is 0 Å². The monoisotopic (exact) mass is 450 g/mol. The number of anilines is 2. The number of carbonyl (C=O) groups excluding carboxylic acids is 1. The Bertz CT molecular complexity index is 1150. The van der Waals surface area contributed by atoms with Crippen LogP contribution in [-0.2, 0) is 21.4 Å². The van der Waals surface area contributed by atoms with Crippen LogP contribution in [0.15, 0.2) is 60.0 Å². The van der Waals surface area contributed by atoms with Gasteiger partial charge in [-0.15, -0.1) is 11.3 Å². The van der Waals surface area contributed by atoms with E-state index in [0.29, 0.717) is 17.3 Å². The summed E-state index contributed by atoms with van der Waals surface area (Å²) >= 11 is 1.37. The predicted molar refractivity (Wildman–Crippen MR) is 115 cm³/mol. The molecule has 3 rings (SSSR count). The molecule has 0 atom stereocenters. The molecule has 1 amide bonds. The summed E-state index contributed by atoms with van der Waals surface area (Å²) in [6, 6.07) is 13.3. The van der Waals surface area contributed by atoms with Gasteiger partial charge in [-0.3, -0.25) is 9.10 Å². The van der Waals surface area contributed by atoms with Crippen molar-refractivity contribution in [3.8, 4) is 0 Å². The van der Waals surface area contributed by atoms with Gasteiger partial charge in [0.05, 0.1) is 24.2 Å². The lowest BCUT2D eigenvalue weighted by Crippen LogP contribution is -2.43. The predicted octanol–water partition coefficient (Wildman–Crippen LogP) is 4.33.